The molecule has 0 aromatic heterocycles. The van der Waals surface area contributed by atoms with Gasteiger partial charge in [0.05, 0.1) is 0 Å². The summed E-state index contributed by atoms with van der Waals surface area (Å²) in [7, 11) is 0. The fourth-order valence-electron chi connectivity index (χ4n) is 2.56. The Kier molecular flexibility index (Phi) is 2.18. The van der Waals surface area contributed by atoms with E-state index in [4.69, 9.17) is 4.74 Å². The Labute approximate surface area is 73.3 Å². The van der Waals surface area contributed by atoms with Gasteiger partial charge in [0.2, 0.25) is 0 Å². The summed E-state index contributed by atoms with van der Waals surface area (Å²) in [6.07, 6.45) is 4.83. The number of ketones is 1. The van der Waals surface area contributed by atoms with Crippen LogP contribution in [0.2, 0.25) is 0 Å². The van der Waals surface area contributed by atoms with Crippen LogP contribution in [0.4, 0.5) is 0 Å². The third-order valence-corrected chi connectivity index (χ3v) is 3.20. The van der Waals surface area contributed by atoms with Gasteiger partial charge in [-0.15, -0.1) is 0 Å². The van der Waals surface area contributed by atoms with Crippen molar-refractivity contribution < 1.29 is 9.53 Å². The van der Waals surface area contributed by atoms with E-state index in [1.54, 1.807) is 0 Å². The molecule has 2 aliphatic rings. The van der Waals surface area contributed by atoms with Gasteiger partial charge in [-0.2, -0.15) is 0 Å². The average Bonchev–Trinajstić information content (AvgIpc) is 2.13. The molecule has 12 heavy (non-hydrogen) atoms. The second-order valence-electron chi connectivity index (χ2n) is 3.83. The van der Waals surface area contributed by atoms with Crippen molar-refractivity contribution in [1.29, 1.82) is 0 Å². The zero-order valence-electron chi connectivity index (χ0n) is 7.58. The Morgan fingerprint density at radius 2 is 2.17 bits per heavy atom. The molecule has 0 amide bonds. The van der Waals surface area contributed by atoms with E-state index in [2.05, 4.69) is 0 Å². The monoisotopic (exact) mass is 168 g/mol. The van der Waals surface area contributed by atoms with Crippen LogP contribution in [0.25, 0.3) is 0 Å². The van der Waals surface area contributed by atoms with E-state index in [1.165, 1.54) is 19.3 Å². The number of fused-ring (bicyclic) bond motifs is 1. The van der Waals surface area contributed by atoms with Gasteiger partial charge in [-0.3, -0.25) is 4.79 Å². The molecule has 68 valence electrons. The maximum absolute atomic E-state index is 11.5. The van der Waals surface area contributed by atoms with Crippen LogP contribution in [0.3, 0.4) is 0 Å². The maximum atomic E-state index is 11.5. The fourth-order valence-corrected chi connectivity index (χ4v) is 2.56. The van der Waals surface area contributed by atoms with Gasteiger partial charge >= 0.3 is 0 Å². The maximum Gasteiger partial charge on any atom is 0.165 e. The molecule has 3 atom stereocenters. The summed E-state index contributed by atoms with van der Waals surface area (Å²) in [5.41, 5.74) is 0. The summed E-state index contributed by atoms with van der Waals surface area (Å²) in [5.74, 6) is 1.32. The summed E-state index contributed by atoms with van der Waals surface area (Å²) in [6, 6.07) is 0. The first kappa shape index (κ1) is 8.24. The van der Waals surface area contributed by atoms with E-state index in [-0.39, 0.29) is 6.10 Å². The van der Waals surface area contributed by atoms with Crippen LogP contribution in [0.1, 0.15) is 32.6 Å². The van der Waals surface area contributed by atoms with Crippen LogP contribution in [-0.4, -0.2) is 18.5 Å². The standard InChI is InChI=1S/C10H16O2/c1-2-12-10-8-6-4-3-5-7(8)9(10)11/h7-8,10H,2-6H2,1H3/t7-,8+,10+/m0/s1. The van der Waals surface area contributed by atoms with Gasteiger partial charge in [0.1, 0.15) is 6.10 Å². The van der Waals surface area contributed by atoms with Crippen molar-refractivity contribution in [3.63, 3.8) is 0 Å². The number of hydrogen-bond donors (Lipinski definition) is 0. The predicted octanol–water partition coefficient (Wildman–Crippen LogP) is 1.78. The number of hydrogen-bond acceptors (Lipinski definition) is 2. The molecular weight excluding hydrogens is 152 g/mol. The molecule has 2 saturated carbocycles. The Hall–Kier alpha value is -0.370. The minimum atomic E-state index is -0.0275. The van der Waals surface area contributed by atoms with Gasteiger partial charge in [-0.25, -0.2) is 0 Å². The Bertz CT molecular complexity index is 188. The second kappa shape index (κ2) is 3.17. The van der Waals surface area contributed by atoms with Crippen molar-refractivity contribution in [3.05, 3.63) is 0 Å². The minimum absolute atomic E-state index is 0.0275. The van der Waals surface area contributed by atoms with E-state index < -0.39 is 0 Å². The summed E-state index contributed by atoms with van der Waals surface area (Å²) in [5, 5.41) is 0. The van der Waals surface area contributed by atoms with E-state index >= 15 is 0 Å². The van der Waals surface area contributed by atoms with E-state index in [0.29, 0.717) is 24.2 Å². The number of carbonyl (C=O) groups excluding carboxylic acids is 1. The molecule has 0 aromatic rings. The van der Waals surface area contributed by atoms with Crippen LogP contribution in [0, 0.1) is 11.8 Å². The molecule has 0 aliphatic heterocycles. The number of Topliss-reactive ketones (excluding diaryl/α,β-unsaturated/α-hetero) is 1. The Balaban J connectivity index is 1.96. The first-order valence-corrected chi connectivity index (χ1v) is 5.00. The largest absolute Gasteiger partial charge is 0.370 e. The lowest BCUT2D eigenvalue weighted by Gasteiger charge is -2.45. The van der Waals surface area contributed by atoms with Crippen molar-refractivity contribution >= 4 is 5.78 Å². The van der Waals surface area contributed by atoms with Gasteiger partial charge in [0.15, 0.2) is 5.78 Å². The zero-order chi connectivity index (χ0) is 8.55. The lowest BCUT2D eigenvalue weighted by molar-refractivity contribution is -0.163. The van der Waals surface area contributed by atoms with E-state index in [9.17, 15) is 4.79 Å². The molecule has 2 fully saturated rings. The molecular formula is C10H16O2. The van der Waals surface area contributed by atoms with Crippen molar-refractivity contribution in [2.24, 2.45) is 11.8 Å². The van der Waals surface area contributed by atoms with Crippen LogP contribution >= 0.6 is 0 Å². The van der Waals surface area contributed by atoms with Crippen LogP contribution < -0.4 is 0 Å². The number of ether oxygens (including phenoxy) is 1. The lowest BCUT2D eigenvalue weighted by atomic mass is 9.62. The van der Waals surface area contributed by atoms with Crippen LogP contribution in [0.15, 0.2) is 0 Å². The Morgan fingerprint density at radius 3 is 2.92 bits per heavy atom. The lowest BCUT2D eigenvalue weighted by Crippen LogP contribution is -2.54. The topological polar surface area (TPSA) is 26.3 Å². The normalized spacial score (nSPS) is 40.4. The molecule has 2 heteroatoms. The molecule has 2 aliphatic carbocycles. The van der Waals surface area contributed by atoms with Crippen molar-refractivity contribution in [2.75, 3.05) is 6.61 Å². The van der Waals surface area contributed by atoms with Gasteiger partial charge in [-0.1, -0.05) is 12.8 Å². The first-order valence-electron chi connectivity index (χ1n) is 5.00. The smallest absolute Gasteiger partial charge is 0.165 e. The van der Waals surface area contributed by atoms with Crippen LogP contribution in [0.5, 0.6) is 0 Å². The molecule has 0 saturated heterocycles. The van der Waals surface area contributed by atoms with Crippen molar-refractivity contribution in [2.45, 2.75) is 38.7 Å². The van der Waals surface area contributed by atoms with Crippen LogP contribution in [-0.2, 0) is 9.53 Å². The third kappa shape index (κ3) is 1.09. The van der Waals surface area contributed by atoms with Gasteiger partial charge in [0.25, 0.3) is 0 Å². The number of rotatable bonds is 2. The molecule has 0 heterocycles. The number of carbonyl (C=O) groups is 1. The molecule has 0 radical (unpaired) electrons. The summed E-state index contributed by atoms with van der Waals surface area (Å²) >= 11 is 0. The second-order valence-corrected chi connectivity index (χ2v) is 3.83. The highest BCUT2D eigenvalue weighted by molar-refractivity contribution is 5.92. The molecule has 0 N–H and O–H groups in total. The van der Waals surface area contributed by atoms with Crippen molar-refractivity contribution in [1.82, 2.24) is 0 Å². The summed E-state index contributed by atoms with van der Waals surface area (Å²) < 4.78 is 5.41. The Morgan fingerprint density at radius 1 is 1.42 bits per heavy atom. The fraction of sp³-hybridized carbons (Fsp3) is 0.900. The SMILES string of the molecule is CCO[C@H]1C(=O)[C@H]2CCCC[C@H]21. The highest BCUT2D eigenvalue weighted by atomic mass is 16.5. The molecule has 0 bridgehead atoms. The molecule has 2 rings (SSSR count). The van der Waals surface area contributed by atoms with Gasteiger partial charge in [0, 0.05) is 18.4 Å². The van der Waals surface area contributed by atoms with Gasteiger partial charge < -0.3 is 4.74 Å². The highest BCUT2D eigenvalue weighted by Crippen LogP contribution is 2.43. The molecule has 2 nitrogen and oxygen atoms in total. The van der Waals surface area contributed by atoms with E-state index in [0.717, 1.165) is 6.42 Å². The minimum Gasteiger partial charge on any atom is -0.370 e. The third-order valence-electron chi connectivity index (χ3n) is 3.20. The van der Waals surface area contributed by atoms with E-state index in [1.807, 2.05) is 6.92 Å². The zero-order valence-corrected chi connectivity index (χ0v) is 7.58. The summed E-state index contributed by atoms with van der Waals surface area (Å²) in [6.45, 7) is 2.64. The molecule has 0 unspecified atom stereocenters. The first-order chi connectivity index (χ1) is 5.84. The molecule has 0 spiro atoms. The van der Waals surface area contributed by atoms with Crippen molar-refractivity contribution in [3.8, 4) is 0 Å². The van der Waals surface area contributed by atoms with Gasteiger partial charge in [-0.05, 0) is 19.8 Å². The highest BCUT2D eigenvalue weighted by Gasteiger charge is 2.50. The quantitative estimate of drug-likeness (QED) is 0.628. The predicted molar refractivity (Wildman–Crippen MR) is 45.9 cm³/mol. The summed E-state index contributed by atoms with van der Waals surface area (Å²) in [4.78, 5) is 11.5. The molecule has 0 aromatic carbocycles. The average molecular weight is 168 g/mol.